The van der Waals surface area contributed by atoms with Gasteiger partial charge in [0.25, 0.3) is 5.91 Å². The Morgan fingerprint density at radius 1 is 1.03 bits per heavy atom. The van der Waals surface area contributed by atoms with E-state index in [1.54, 1.807) is 4.90 Å². The number of likely N-dealkylation sites (tertiary alicyclic amines) is 1. The van der Waals surface area contributed by atoms with Gasteiger partial charge >= 0.3 is 12.0 Å². The van der Waals surface area contributed by atoms with E-state index < -0.39 is 0 Å². The van der Waals surface area contributed by atoms with Gasteiger partial charge in [0, 0.05) is 24.8 Å². The molecule has 2 N–H and O–H groups in total. The molecule has 3 rings (SSSR count). The number of hydrogen-bond donors (Lipinski definition) is 2. The molecule has 3 atom stereocenters. The van der Waals surface area contributed by atoms with Gasteiger partial charge in [-0.3, -0.25) is 9.59 Å². The number of urea groups is 1. The van der Waals surface area contributed by atoms with Gasteiger partial charge in [-0.15, -0.1) is 0 Å². The van der Waals surface area contributed by atoms with E-state index in [2.05, 4.69) is 24.5 Å². The summed E-state index contributed by atoms with van der Waals surface area (Å²) in [5.41, 5.74) is 0.747. The number of piperidine rings is 1. The van der Waals surface area contributed by atoms with Crippen molar-refractivity contribution in [3.05, 3.63) is 30.3 Å². The van der Waals surface area contributed by atoms with Crippen LogP contribution in [-0.4, -0.2) is 48.5 Å². The number of ether oxygens (including phenoxy) is 1. The first-order valence-corrected chi connectivity index (χ1v) is 11.0. The van der Waals surface area contributed by atoms with Crippen molar-refractivity contribution >= 4 is 23.6 Å². The summed E-state index contributed by atoms with van der Waals surface area (Å²) in [4.78, 5) is 38.6. The zero-order valence-electron chi connectivity index (χ0n) is 17.9. The van der Waals surface area contributed by atoms with Crippen molar-refractivity contribution in [1.29, 1.82) is 0 Å². The molecule has 30 heavy (non-hydrogen) atoms. The number of benzene rings is 1. The average Bonchev–Trinajstić information content (AvgIpc) is 2.76. The van der Waals surface area contributed by atoms with E-state index >= 15 is 0 Å². The number of carbonyl (C=O) groups is 3. The van der Waals surface area contributed by atoms with Gasteiger partial charge in [0.15, 0.2) is 6.61 Å². The van der Waals surface area contributed by atoms with Crippen molar-refractivity contribution in [1.82, 2.24) is 10.2 Å². The van der Waals surface area contributed by atoms with Gasteiger partial charge in [0.1, 0.15) is 0 Å². The minimum absolute atomic E-state index is 0.159. The number of esters is 1. The van der Waals surface area contributed by atoms with Crippen molar-refractivity contribution < 1.29 is 19.1 Å². The Bertz CT molecular complexity index is 731. The maximum Gasteiger partial charge on any atom is 0.321 e. The third-order valence-corrected chi connectivity index (χ3v) is 6.54. The largest absolute Gasteiger partial charge is 0.455 e. The summed E-state index contributed by atoms with van der Waals surface area (Å²) in [5.74, 6) is 0.181. The molecular weight excluding hydrogens is 382 g/mol. The molecule has 1 saturated heterocycles. The summed E-state index contributed by atoms with van der Waals surface area (Å²) in [6.45, 7) is 5.13. The van der Waals surface area contributed by atoms with Crippen LogP contribution in [0.1, 0.15) is 46.0 Å². The summed E-state index contributed by atoms with van der Waals surface area (Å²) < 4.78 is 5.27. The van der Waals surface area contributed by atoms with Crippen LogP contribution >= 0.6 is 0 Å². The number of nitrogens with one attached hydrogen (secondary N) is 2. The lowest BCUT2D eigenvalue weighted by atomic mass is 9.78. The van der Waals surface area contributed by atoms with Crippen LogP contribution in [0.25, 0.3) is 0 Å². The quantitative estimate of drug-likeness (QED) is 0.722. The molecule has 0 unspecified atom stereocenters. The summed E-state index contributed by atoms with van der Waals surface area (Å²) in [7, 11) is 0. The van der Waals surface area contributed by atoms with Gasteiger partial charge in [-0.1, -0.05) is 44.9 Å². The van der Waals surface area contributed by atoms with Gasteiger partial charge in [0.2, 0.25) is 0 Å². The molecule has 0 aromatic heterocycles. The highest BCUT2D eigenvalue weighted by Gasteiger charge is 2.30. The normalized spacial score (nSPS) is 24.7. The second-order valence-corrected chi connectivity index (χ2v) is 8.61. The first-order chi connectivity index (χ1) is 14.4. The van der Waals surface area contributed by atoms with E-state index in [-0.39, 0.29) is 36.5 Å². The predicted molar refractivity (Wildman–Crippen MR) is 115 cm³/mol. The molecule has 1 aromatic rings. The molecule has 1 aliphatic heterocycles. The van der Waals surface area contributed by atoms with Crippen LogP contribution in [0.4, 0.5) is 10.5 Å². The lowest BCUT2D eigenvalue weighted by Crippen LogP contribution is -2.46. The van der Waals surface area contributed by atoms with Crippen LogP contribution < -0.4 is 10.6 Å². The molecule has 164 valence electrons. The van der Waals surface area contributed by atoms with E-state index in [4.69, 9.17) is 4.74 Å². The molecule has 0 bridgehead atoms. The Labute approximate surface area is 178 Å². The molecule has 7 heteroatoms. The fraction of sp³-hybridized carbons (Fsp3) is 0.609. The molecule has 2 aliphatic rings. The molecule has 2 fully saturated rings. The second-order valence-electron chi connectivity index (χ2n) is 8.61. The van der Waals surface area contributed by atoms with Crippen molar-refractivity contribution in [2.75, 3.05) is 25.0 Å². The van der Waals surface area contributed by atoms with Crippen LogP contribution in [0, 0.1) is 17.8 Å². The van der Waals surface area contributed by atoms with E-state index in [0.717, 1.165) is 18.5 Å². The van der Waals surface area contributed by atoms with Crippen molar-refractivity contribution in [2.24, 2.45) is 17.8 Å². The average molecular weight is 416 g/mol. The summed E-state index contributed by atoms with van der Waals surface area (Å²) in [5, 5.41) is 5.88. The summed E-state index contributed by atoms with van der Waals surface area (Å²) >= 11 is 0. The second kappa shape index (κ2) is 10.5. The van der Waals surface area contributed by atoms with Crippen molar-refractivity contribution in [2.45, 2.75) is 52.0 Å². The van der Waals surface area contributed by atoms with Gasteiger partial charge < -0.3 is 20.3 Å². The SMILES string of the molecule is C[C@@H]1[C@@H](C)CCC[C@H]1NC(=O)COC(=O)C1CCN(C(=O)Nc2ccccc2)CC1. The fourth-order valence-corrected chi connectivity index (χ4v) is 4.33. The Balaban J connectivity index is 1.37. The third-order valence-electron chi connectivity index (χ3n) is 6.54. The Kier molecular flexibility index (Phi) is 7.71. The van der Waals surface area contributed by atoms with Crippen LogP contribution in [0.3, 0.4) is 0 Å². The first-order valence-electron chi connectivity index (χ1n) is 11.0. The van der Waals surface area contributed by atoms with Crippen LogP contribution in [0.2, 0.25) is 0 Å². The third kappa shape index (κ3) is 5.97. The van der Waals surface area contributed by atoms with Crippen LogP contribution in [0.5, 0.6) is 0 Å². The molecule has 0 radical (unpaired) electrons. The number of para-hydroxylation sites is 1. The zero-order chi connectivity index (χ0) is 21.5. The molecular formula is C23H33N3O4. The van der Waals surface area contributed by atoms with Gasteiger partial charge in [-0.05, 0) is 43.2 Å². The molecule has 1 aromatic carbocycles. The summed E-state index contributed by atoms with van der Waals surface area (Å²) in [6.07, 6.45) is 4.38. The number of rotatable bonds is 5. The molecule has 7 nitrogen and oxygen atoms in total. The monoisotopic (exact) mass is 415 g/mol. The summed E-state index contributed by atoms with van der Waals surface area (Å²) in [6, 6.07) is 9.29. The Morgan fingerprint density at radius 3 is 2.43 bits per heavy atom. The fourth-order valence-electron chi connectivity index (χ4n) is 4.33. The smallest absolute Gasteiger partial charge is 0.321 e. The molecule has 1 saturated carbocycles. The van der Waals surface area contributed by atoms with E-state index in [9.17, 15) is 14.4 Å². The lowest BCUT2D eigenvalue weighted by Gasteiger charge is -2.34. The Hall–Kier alpha value is -2.57. The highest BCUT2D eigenvalue weighted by molar-refractivity contribution is 5.89. The van der Waals surface area contributed by atoms with Gasteiger partial charge in [-0.25, -0.2) is 4.79 Å². The number of hydrogen-bond acceptors (Lipinski definition) is 4. The van der Waals surface area contributed by atoms with Crippen molar-refractivity contribution in [3.63, 3.8) is 0 Å². The molecule has 1 aliphatic carbocycles. The van der Waals surface area contributed by atoms with E-state index in [1.807, 2.05) is 30.3 Å². The van der Waals surface area contributed by atoms with Crippen molar-refractivity contribution in [3.8, 4) is 0 Å². The number of carbonyl (C=O) groups excluding carboxylic acids is 3. The molecule has 3 amide bonds. The zero-order valence-corrected chi connectivity index (χ0v) is 17.9. The maximum atomic E-state index is 12.4. The first kappa shape index (κ1) is 22.1. The molecule has 1 heterocycles. The highest BCUT2D eigenvalue weighted by atomic mass is 16.5. The lowest BCUT2D eigenvalue weighted by molar-refractivity contribution is -0.154. The van der Waals surface area contributed by atoms with Gasteiger partial charge in [0.05, 0.1) is 5.92 Å². The van der Waals surface area contributed by atoms with Crippen LogP contribution in [-0.2, 0) is 14.3 Å². The minimum Gasteiger partial charge on any atom is -0.455 e. The van der Waals surface area contributed by atoms with Crippen LogP contribution in [0.15, 0.2) is 30.3 Å². The highest BCUT2D eigenvalue weighted by Crippen LogP contribution is 2.29. The Morgan fingerprint density at radius 2 is 1.73 bits per heavy atom. The van der Waals surface area contributed by atoms with E-state index in [0.29, 0.717) is 37.8 Å². The predicted octanol–water partition coefficient (Wildman–Crippen LogP) is 3.41. The molecule has 0 spiro atoms. The number of anilines is 1. The standard InChI is InChI=1S/C23H33N3O4/c1-16-7-6-10-20(17(16)2)25-21(27)15-30-22(28)18-11-13-26(14-12-18)23(29)24-19-8-4-3-5-9-19/h3-5,8-9,16-18,20H,6-7,10-15H2,1-2H3,(H,24,29)(H,25,27)/t16-,17+,20+/m0/s1. The maximum absolute atomic E-state index is 12.4. The topological polar surface area (TPSA) is 87.7 Å². The van der Waals surface area contributed by atoms with E-state index in [1.165, 1.54) is 6.42 Å². The minimum atomic E-state index is -0.349. The number of amides is 3. The number of nitrogens with zero attached hydrogens (tertiary/aromatic N) is 1. The van der Waals surface area contributed by atoms with Gasteiger partial charge in [-0.2, -0.15) is 0 Å².